The van der Waals surface area contributed by atoms with E-state index in [1.807, 2.05) is 0 Å². The van der Waals surface area contributed by atoms with E-state index in [4.69, 9.17) is 11.6 Å². The number of nitro groups is 1. The number of nitrogens with zero attached hydrogens (tertiary/aromatic N) is 2. The number of aliphatic imine (C=N–C) groups is 1. The first kappa shape index (κ1) is 16.4. The molecule has 2 aromatic carbocycles. The van der Waals surface area contributed by atoms with Gasteiger partial charge in [-0.15, -0.1) is 0 Å². The second-order valence-corrected chi connectivity index (χ2v) is 5.02. The fourth-order valence-electron chi connectivity index (χ4n) is 1.81. The molecule has 0 aromatic heterocycles. The molecule has 0 saturated heterocycles. The van der Waals surface area contributed by atoms with Crippen LogP contribution in [-0.4, -0.2) is 17.0 Å². The summed E-state index contributed by atoms with van der Waals surface area (Å²) in [5.74, 6) is -0.943. The molecule has 118 valence electrons. The van der Waals surface area contributed by atoms with Crippen molar-refractivity contribution in [2.75, 3.05) is 5.32 Å². The van der Waals surface area contributed by atoms with Crippen molar-refractivity contribution in [2.24, 2.45) is 4.99 Å². The normalized spacial score (nSPS) is 10.7. The van der Waals surface area contributed by atoms with Crippen LogP contribution in [0.25, 0.3) is 0 Å². The summed E-state index contributed by atoms with van der Waals surface area (Å²) < 4.78 is 0. The molecule has 0 aliphatic carbocycles. The van der Waals surface area contributed by atoms with Gasteiger partial charge in [0, 0.05) is 29.9 Å². The molecule has 23 heavy (non-hydrogen) atoms. The lowest BCUT2D eigenvalue weighted by atomic mass is 10.2. The third-order valence-corrected chi connectivity index (χ3v) is 3.02. The van der Waals surface area contributed by atoms with Crippen molar-refractivity contribution in [1.82, 2.24) is 0 Å². The van der Waals surface area contributed by atoms with Gasteiger partial charge in [0.2, 0.25) is 5.91 Å². The van der Waals surface area contributed by atoms with Crippen LogP contribution in [0, 0.1) is 10.1 Å². The van der Waals surface area contributed by atoms with Crippen LogP contribution in [0.5, 0.6) is 5.75 Å². The Labute approximate surface area is 136 Å². The first-order valence-corrected chi connectivity index (χ1v) is 6.81. The van der Waals surface area contributed by atoms with Crippen LogP contribution < -0.4 is 10.4 Å². The number of halogens is 1. The van der Waals surface area contributed by atoms with Gasteiger partial charge < -0.3 is 10.4 Å². The van der Waals surface area contributed by atoms with Crippen LogP contribution in [0.4, 0.5) is 17.1 Å². The number of carbonyl (C=O) groups excluding carboxylic acids is 1. The molecule has 2 rings (SSSR count). The largest absolute Gasteiger partial charge is 0.867 e. The van der Waals surface area contributed by atoms with Crippen molar-refractivity contribution in [2.45, 2.75) is 6.92 Å². The maximum atomic E-state index is 11.9. The summed E-state index contributed by atoms with van der Waals surface area (Å²) in [4.78, 5) is 25.0. The van der Waals surface area contributed by atoms with Gasteiger partial charge in [0.25, 0.3) is 5.69 Å². The van der Waals surface area contributed by atoms with Crippen molar-refractivity contribution in [3.63, 3.8) is 0 Å². The number of amides is 1. The molecule has 0 aliphatic rings. The quantitative estimate of drug-likeness (QED) is 0.527. The molecule has 8 heteroatoms. The molecule has 0 bridgehead atoms. The first-order valence-electron chi connectivity index (χ1n) is 6.43. The Hall–Kier alpha value is -2.93. The smallest absolute Gasteiger partial charge is 0.263 e. The summed E-state index contributed by atoms with van der Waals surface area (Å²) in [7, 11) is 0. The van der Waals surface area contributed by atoms with Gasteiger partial charge in [0.15, 0.2) is 0 Å². The fraction of sp³-hybridized carbons (Fsp3) is 0.0667. The molecule has 0 heterocycles. The summed E-state index contributed by atoms with van der Waals surface area (Å²) in [6, 6.07) is 8.87. The lowest BCUT2D eigenvalue weighted by Crippen LogP contribution is -2.05. The Kier molecular flexibility index (Phi) is 4.92. The molecule has 1 amide bonds. The molecule has 0 saturated carbocycles. The van der Waals surface area contributed by atoms with E-state index in [0.717, 1.165) is 6.07 Å². The summed E-state index contributed by atoms with van der Waals surface area (Å²) >= 11 is 5.77. The molecule has 0 unspecified atom stereocenters. The first-order chi connectivity index (χ1) is 10.9. The fourth-order valence-corrected chi connectivity index (χ4v) is 2.03. The Bertz CT molecular complexity index is 788. The van der Waals surface area contributed by atoms with Crippen molar-refractivity contribution < 1.29 is 14.8 Å². The van der Waals surface area contributed by atoms with Gasteiger partial charge in [-0.3, -0.25) is 19.9 Å². The average molecular weight is 333 g/mol. The highest BCUT2D eigenvalue weighted by Crippen LogP contribution is 2.30. The highest BCUT2D eigenvalue weighted by atomic mass is 35.5. The minimum atomic E-state index is -0.784. The van der Waals surface area contributed by atoms with Crippen molar-refractivity contribution in [3.05, 3.63) is 57.1 Å². The number of benzene rings is 2. The predicted molar refractivity (Wildman–Crippen MR) is 85.6 cm³/mol. The van der Waals surface area contributed by atoms with Crippen molar-refractivity contribution >= 4 is 40.8 Å². The van der Waals surface area contributed by atoms with E-state index in [1.165, 1.54) is 19.2 Å². The number of anilines is 1. The van der Waals surface area contributed by atoms with Crippen LogP contribution in [0.3, 0.4) is 0 Å². The molecule has 0 atom stereocenters. The molecular formula is C15H11ClN3O4-. The predicted octanol–water partition coefficient (Wildman–Crippen LogP) is 3.03. The van der Waals surface area contributed by atoms with Gasteiger partial charge >= 0.3 is 0 Å². The van der Waals surface area contributed by atoms with E-state index >= 15 is 0 Å². The van der Waals surface area contributed by atoms with Crippen LogP contribution in [0.2, 0.25) is 5.02 Å². The Morgan fingerprint density at radius 2 is 1.96 bits per heavy atom. The van der Waals surface area contributed by atoms with Crippen LogP contribution in [0.1, 0.15) is 12.5 Å². The monoisotopic (exact) mass is 332 g/mol. The minimum Gasteiger partial charge on any atom is -0.867 e. The van der Waals surface area contributed by atoms with E-state index in [1.54, 1.807) is 24.3 Å². The zero-order valence-electron chi connectivity index (χ0n) is 11.9. The summed E-state index contributed by atoms with van der Waals surface area (Å²) in [6.45, 7) is 1.40. The number of nitro benzene ring substituents is 1. The van der Waals surface area contributed by atoms with E-state index in [-0.39, 0.29) is 16.5 Å². The van der Waals surface area contributed by atoms with E-state index in [2.05, 4.69) is 10.3 Å². The summed E-state index contributed by atoms with van der Waals surface area (Å²) in [6.07, 6.45) is 1.22. The van der Waals surface area contributed by atoms with Crippen molar-refractivity contribution in [1.29, 1.82) is 0 Å². The van der Waals surface area contributed by atoms with Gasteiger partial charge in [0.1, 0.15) is 0 Å². The third kappa shape index (κ3) is 4.27. The van der Waals surface area contributed by atoms with E-state index < -0.39 is 16.4 Å². The number of hydrogen-bond donors (Lipinski definition) is 1. The number of carbonyl (C=O) groups is 1. The third-order valence-electron chi connectivity index (χ3n) is 2.80. The van der Waals surface area contributed by atoms with Gasteiger partial charge in [-0.25, -0.2) is 0 Å². The second kappa shape index (κ2) is 6.89. The van der Waals surface area contributed by atoms with E-state index in [9.17, 15) is 20.0 Å². The number of nitrogens with one attached hydrogen (secondary N) is 1. The van der Waals surface area contributed by atoms with Crippen LogP contribution in [-0.2, 0) is 4.79 Å². The minimum absolute atomic E-state index is 0.0233. The maximum Gasteiger partial charge on any atom is 0.263 e. The molecule has 1 N–H and O–H groups in total. The van der Waals surface area contributed by atoms with Crippen LogP contribution >= 0.6 is 11.6 Å². The number of hydrogen-bond acceptors (Lipinski definition) is 5. The Morgan fingerprint density at radius 3 is 2.52 bits per heavy atom. The highest BCUT2D eigenvalue weighted by molar-refractivity contribution is 6.31. The second-order valence-electron chi connectivity index (χ2n) is 4.59. The van der Waals surface area contributed by atoms with Gasteiger partial charge in [-0.05, 0) is 41.6 Å². The van der Waals surface area contributed by atoms with Gasteiger partial charge in [-0.2, -0.15) is 0 Å². The lowest BCUT2D eigenvalue weighted by Gasteiger charge is -2.10. The van der Waals surface area contributed by atoms with Crippen LogP contribution in [0.15, 0.2) is 41.4 Å². The molecule has 2 aromatic rings. The Morgan fingerprint density at radius 1 is 1.30 bits per heavy atom. The van der Waals surface area contributed by atoms with E-state index in [0.29, 0.717) is 11.4 Å². The summed E-state index contributed by atoms with van der Waals surface area (Å²) in [5, 5.41) is 25.4. The lowest BCUT2D eigenvalue weighted by molar-refractivity contribution is -0.398. The molecule has 0 spiro atoms. The Balaban J connectivity index is 2.26. The van der Waals surface area contributed by atoms with Gasteiger partial charge in [0.05, 0.1) is 10.6 Å². The molecule has 0 fully saturated rings. The zero-order valence-corrected chi connectivity index (χ0v) is 12.7. The topological polar surface area (TPSA) is 108 Å². The zero-order chi connectivity index (χ0) is 17.0. The van der Waals surface area contributed by atoms with Gasteiger partial charge in [-0.1, -0.05) is 11.6 Å². The SMILES string of the molecule is CC(=O)Nc1ccc(N=Cc2cc(Cl)cc([N+](=O)[O-])c2[O-])cc1. The highest BCUT2D eigenvalue weighted by Gasteiger charge is 2.11. The number of rotatable bonds is 4. The van der Waals surface area contributed by atoms with Crippen molar-refractivity contribution in [3.8, 4) is 5.75 Å². The molecular weight excluding hydrogens is 322 g/mol. The molecule has 0 aliphatic heterocycles. The maximum absolute atomic E-state index is 11.9. The standard InChI is InChI=1S/C15H12ClN3O4/c1-9(20)18-13-4-2-12(3-5-13)17-8-10-6-11(16)7-14(15(10)21)19(22)23/h2-8,21H,1H3,(H,18,20)/p-1. The summed E-state index contributed by atoms with van der Waals surface area (Å²) in [5.41, 5.74) is 0.551. The average Bonchev–Trinajstić information content (AvgIpc) is 2.48. The molecule has 7 nitrogen and oxygen atoms in total. The molecule has 0 radical (unpaired) electrons.